The molecular formula is C10H17N3O2. The highest BCUT2D eigenvalue weighted by atomic mass is 16.6. The van der Waals surface area contributed by atoms with Gasteiger partial charge < -0.3 is 15.4 Å². The van der Waals surface area contributed by atoms with Gasteiger partial charge in [0.1, 0.15) is 5.60 Å². The zero-order chi connectivity index (χ0) is 11.6. The number of hydrogen-bond donors (Lipinski definition) is 1. The first-order valence-corrected chi connectivity index (χ1v) is 4.96. The lowest BCUT2D eigenvalue weighted by molar-refractivity contribution is 0.0289. The Bertz CT molecular complexity index is 290. The number of carbonyl (C=O) groups is 1. The van der Waals surface area contributed by atoms with Crippen LogP contribution in [-0.4, -0.2) is 35.7 Å². The van der Waals surface area contributed by atoms with Gasteiger partial charge in [-0.25, -0.2) is 4.79 Å². The van der Waals surface area contributed by atoms with Crippen LogP contribution in [0.3, 0.4) is 0 Å². The van der Waals surface area contributed by atoms with Crippen molar-refractivity contribution in [2.24, 2.45) is 11.7 Å². The lowest BCUT2D eigenvalue weighted by atomic mass is 10.1. The summed E-state index contributed by atoms with van der Waals surface area (Å²) in [5.41, 5.74) is 5.20. The number of amides is 1. The van der Waals surface area contributed by atoms with Crippen molar-refractivity contribution in [3.63, 3.8) is 0 Å². The summed E-state index contributed by atoms with van der Waals surface area (Å²) in [5, 5.41) is 8.76. The van der Waals surface area contributed by atoms with Crippen molar-refractivity contribution in [2.45, 2.75) is 32.4 Å². The van der Waals surface area contributed by atoms with Crippen molar-refractivity contribution >= 4 is 6.09 Å². The molecule has 15 heavy (non-hydrogen) atoms. The first kappa shape index (κ1) is 11.8. The number of rotatable bonds is 0. The fourth-order valence-electron chi connectivity index (χ4n) is 1.44. The van der Waals surface area contributed by atoms with E-state index in [4.69, 9.17) is 15.7 Å². The molecule has 0 aromatic heterocycles. The highest BCUT2D eigenvalue weighted by Crippen LogP contribution is 2.18. The maximum Gasteiger partial charge on any atom is 0.410 e. The van der Waals surface area contributed by atoms with Crippen LogP contribution in [0.25, 0.3) is 0 Å². The van der Waals surface area contributed by atoms with Crippen LogP contribution in [0.5, 0.6) is 0 Å². The second-order valence-corrected chi connectivity index (χ2v) is 4.78. The van der Waals surface area contributed by atoms with Crippen molar-refractivity contribution in [2.75, 3.05) is 13.1 Å². The SMILES string of the molecule is CC(C)(C)OC(=O)N1C[C@@H](N)[C@H](C#N)C1. The fourth-order valence-corrected chi connectivity index (χ4v) is 1.44. The minimum atomic E-state index is -0.508. The van der Waals surface area contributed by atoms with Crippen LogP contribution in [0.4, 0.5) is 4.79 Å². The van der Waals surface area contributed by atoms with Crippen LogP contribution in [0.2, 0.25) is 0 Å². The number of carbonyl (C=O) groups excluding carboxylic acids is 1. The number of nitrogens with two attached hydrogens (primary N) is 1. The Kier molecular flexibility index (Phi) is 3.20. The van der Waals surface area contributed by atoms with Crippen LogP contribution in [0.15, 0.2) is 0 Å². The highest BCUT2D eigenvalue weighted by molar-refractivity contribution is 5.68. The van der Waals surface area contributed by atoms with Gasteiger partial charge in [-0.2, -0.15) is 5.26 Å². The molecule has 1 aliphatic rings. The Morgan fingerprint density at radius 1 is 1.53 bits per heavy atom. The van der Waals surface area contributed by atoms with Gasteiger partial charge >= 0.3 is 6.09 Å². The Labute approximate surface area is 89.8 Å². The zero-order valence-electron chi connectivity index (χ0n) is 9.36. The molecule has 0 unspecified atom stereocenters. The average molecular weight is 211 g/mol. The number of likely N-dealkylation sites (tertiary alicyclic amines) is 1. The summed E-state index contributed by atoms with van der Waals surface area (Å²) < 4.78 is 5.18. The average Bonchev–Trinajstić information content (AvgIpc) is 2.43. The van der Waals surface area contributed by atoms with Crippen molar-refractivity contribution < 1.29 is 9.53 Å². The molecule has 1 heterocycles. The highest BCUT2D eigenvalue weighted by Gasteiger charge is 2.35. The summed E-state index contributed by atoms with van der Waals surface area (Å²) in [6.45, 7) is 6.19. The molecule has 2 atom stereocenters. The Morgan fingerprint density at radius 3 is 2.53 bits per heavy atom. The van der Waals surface area contributed by atoms with E-state index in [1.165, 1.54) is 4.90 Å². The van der Waals surface area contributed by atoms with Gasteiger partial charge in [-0.05, 0) is 20.8 Å². The maximum atomic E-state index is 11.6. The monoisotopic (exact) mass is 211 g/mol. The first-order chi connectivity index (χ1) is 6.83. The molecule has 2 N–H and O–H groups in total. The van der Waals surface area contributed by atoms with Gasteiger partial charge in [0, 0.05) is 19.1 Å². The smallest absolute Gasteiger partial charge is 0.410 e. The summed E-state index contributed by atoms with van der Waals surface area (Å²) in [6.07, 6.45) is -0.393. The lowest BCUT2D eigenvalue weighted by Crippen LogP contribution is -2.36. The molecule has 1 rings (SSSR count). The van der Waals surface area contributed by atoms with E-state index in [2.05, 4.69) is 6.07 Å². The Morgan fingerprint density at radius 2 is 2.13 bits per heavy atom. The van der Waals surface area contributed by atoms with Crippen LogP contribution < -0.4 is 5.73 Å². The van der Waals surface area contributed by atoms with Crippen molar-refractivity contribution in [3.05, 3.63) is 0 Å². The number of nitrogens with zero attached hydrogens (tertiary/aromatic N) is 2. The third kappa shape index (κ3) is 3.10. The molecule has 84 valence electrons. The number of hydrogen-bond acceptors (Lipinski definition) is 4. The van der Waals surface area contributed by atoms with E-state index in [0.29, 0.717) is 13.1 Å². The third-order valence-electron chi connectivity index (χ3n) is 2.18. The molecular weight excluding hydrogens is 194 g/mol. The minimum Gasteiger partial charge on any atom is -0.444 e. The lowest BCUT2D eigenvalue weighted by Gasteiger charge is -2.24. The maximum absolute atomic E-state index is 11.6. The molecule has 5 heteroatoms. The topological polar surface area (TPSA) is 79.3 Å². The Balaban J connectivity index is 2.54. The quantitative estimate of drug-likeness (QED) is 0.639. The molecule has 0 spiro atoms. The zero-order valence-corrected chi connectivity index (χ0v) is 9.36. The summed E-state index contributed by atoms with van der Waals surface area (Å²) in [4.78, 5) is 13.1. The summed E-state index contributed by atoms with van der Waals surface area (Å²) in [7, 11) is 0. The van der Waals surface area contributed by atoms with Crippen molar-refractivity contribution in [1.29, 1.82) is 5.26 Å². The van der Waals surface area contributed by atoms with E-state index in [1.54, 1.807) is 0 Å². The predicted octanol–water partition coefficient (Wildman–Crippen LogP) is 0.704. The van der Waals surface area contributed by atoms with E-state index in [0.717, 1.165) is 0 Å². The molecule has 0 saturated carbocycles. The summed E-state index contributed by atoms with van der Waals surface area (Å²) in [6, 6.07) is 1.83. The normalized spacial score (nSPS) is 26.2. The Hall–Kier alpha value is -1.28. The van der Waals surface area contributed by atoms with E-state index >= 15 is 0 Å². The van der Waals surface area contributed by atoms with E-state index in [1.807, 2.05) is 20.8 Å². The fraction of sp³-hybridized carbons (Fsp3) is 0.800. The molecule has 0 radical (unpaired) electrons. The predicted molar refractivity (Wildman–Crippen MR) is 54.9 cm³/mol. The molecule has 1 amide bonds. The largest absolute Gasteiger partial charge is 0.444 e. The molecule has 0 aromatic carbocycles. The first-order valence-electron chi connectivity index (χ1n) is 4.96. The van der Waals surface area contributed by atoms with Gasteiger partial charge in [0.25, 0.3) is 0 Å². The van der Waals surface area contributed by atoms with Crippen LogP contribution in [0.1, 0.15) is 20.8 Å². The standard InChI is InChI=1S/C10H17N3O2/c1-10(2,3)15-9(14)13-5-7(4-11)8(12)6-13/h7-8H,5-6,12H2,1-3H3/t7-,8-/m1/s1. The van der Waals surface area contributed by atoms with Gasteiger partial charge in [-0.1, -0.05) is 0 Å². The molecule has 0 bridgehead atoms. The molecule has 1 aliphatic heterocycles. The molecule has 1 saturated heterocycles. The van der Waals surface area contributed by atoms with Gasteiger partial charge in [-0.15, -0.1) is 0 Å². The van der Waals surface area contributed by atoms with Crippen LogP contribution in [-0.2, 0) is 4.74 Å². The van der Waals surface area contributed by atoms with Crippen LogP contribution >= 0.6 is 0 Å². The van der Waals surface area contributed by atoms with Crippen molar-refractivity contribution in [1.82, 2.24) is 4.90 Å². The van der Waals surface area contributed by atoms with Gasteiger partial charge in [0.15, 0.2) is 0 Å². The van der Waals surface area contributed by atoms with Gasteiger partial charge in [0.2, 0.25) is 0 Å². The number of nitriles is 1. The second-order valence-electron chi connectivity index (χ2n) is 4.78. The van der Waals surface area contributed by atoms with E-state index in [9.17, 15) is 4.79 Å². The van der Waals surface area contributed by atoms with Gasteiger partial charge in [-0.3, -0.25) is 0 Å². The van der Waals surface area contributed by atoms with E-state index < -0.39 is 11.7 Å². The van der Waals surface area contributed by atoms with Crippen LogP contribution in [0, 0.1) is 17.2 Å². The third-order valence-corrected chi connectivity index (χ3v) is 2.18. The summed E-state index contributed by atoms with van der Waals surface area (Å²) in [5.74, 6) is -0.280. The number of ether oxygens (including phenoxy) is 1. The van der Waals surface area contributed by atoms with Gasteiger partial charge in [0.05, 0.1) is 12.0 Å². The van der Waals surface area contributed by atoms with E-state index in [-0.39, 0.29) is 12.0 Å². The molecule has 0 aliphatic carbocycles. The summed E-state index contributed by atoms with van der Waals surface area (Å²) >= 11 is 0. The van der Waals surface area contributed by atoms with Crippen molar-refractivity contribution in [3.8, 4) is 6.07 Å². The molecule has 1 fully saturated rings. The minimum absolute atomic E-state index is 0.262. The molecule has 0 aromatic rings. The second kappa shape index (κ2) is 4.07. The molecule has 5 nitrogen and oxygen atoms in total.